The third kappa shape index (κ3) is 3.24. The fourth-order valence-corrected chi connectivity index (χ4v) is 1.95. The Kier molecular flexibility index (Phi) is 4.04. The Labute approximate surface area is 110 Å². The van der Waals surface area contributed by atoms with Crippen molar-refractivity contribution >= 4 is 21.6 Å². The minimum absolute atomic E-state index is 0.766. The van der Waals surface area contributed by atoms with Crippen LogP contribution in [0.1, 0.15) is 5.56 Å². The highest BCUT2D eigenvalue weighted by atomic mass is 79.9. The van der Waals surface area contributed by atoms with E-state index in [1.807, 2.05) is 48.5 Å². The molecule has 0 radical (unpaired) electrons. The fraction of sp³-hybridized carbons (Fsp3) is 0.143. The van der Waals surface area contributed by atoms with Gasteiger partial charge in [0, 0.05) is 16.7 Å². The number of rotatable bonds is 4. The number of methoxy groups -OCH3 is 1. The van der Waals surface area contributed by atoms with Gasteiger partial charge in [-0.2, -0.15) is 0 Å². The van der Waals surface area contributed by atoms with E-state index < -0.39 is 0 Å². The molecule has 2 nitrogen and oxygen atoms in total. The van der Waals surface area contributed by atoms with Crippen molar-refractivity contribution in [3.8, 4) is 5.75 Å². The van der Waals surface area contributed by atoms with E-state index in [1.54, 1.807) is 7.11 Å². The third-order valence-corrected chi connectivity index (χ3v) is 3.28. The van der Waals surface area contributed by atoms with Crippen molar-refractivity contribution < 1.29 is 4.74 Å². The molecule has 0 atom stereocenters. The fourth-order valence-electron chi connectivity index (χ4n) is 1.57. The average molecular weight is 292 g/mol. The van der Waals surface area contributed by atoms with E-state index in [0.717, 1.165) is 22.5 Å². The number of ether oxygens (including phenoxy) is 1. The molecule has 0 aliphatic carbocycles. The Bertz CT molecular complexity index is 485. The number of halogens is 1. The second-order valence-corrected chi connectivity index (χ2v) is 4.53. The summed E-state index contributed by atoms with van der Waals surface area (Å²) in [5, 5.41) is 3.37. The highest BCUT2D eigenvalue weighted by Crippen LogP contribution is 2.23. The van der Waals surface area contributed by atoms with Crippen LogP contribution in [-0.4, -0.2) is 7.11 Å². The number of hydrogen-bond acceptors (Lipinski definition) is 2. The Morgan fingerprint density at radius 2 is 1.88 bits per heavy atom. The molecule has 2 aromatic rings. The van der Waals surface area contributed by atoms with Gasteiger partial charge < -0.3 is 10.1 Å². The van der Waals surface area contributed by atoms with Crippen LogP contribution >= 0.6 is 15.9 Å². The first-order valence-corrected chi connectivity index (χ1v) is 6.20. The van der Waals surface area contributed by atoms with Gasteiger partial charge in [0.05, 0.1) is 7.11 Å². The summed E-state index contributed by atoms with van der Waals surface area (Å²) >= 11 is 3.54. The molecule has 0 saturated carbocycles. The van der Waals surface area contributed by atoms with Crippen LogP contribution < -0.4 is 10.1 Å². The number of anilines is 1. The van der Waals surface area contributed by atoms with Gasteiger partial charge in [-0.3, -0.25) is 0 Å². The van der Waals surface area contributed by atoms with Gasteiger partial charge in [-0.15, -0.1) is 0 Å². The average Bonchev–Trinajstić information content (AvgIpc) is 2.39. The summed E-state index contributed by atoms with van der Waals surface area (Å²) in [4.78, 5) is 0. The Hall–Kier alpha value is -1.48. The van der Waals surface area contributed by atoms with Gasteiger partial charge in [0.2, 0.25) is 0 Å². The van der Waals surface area contributed by atoms with Gasteiger partial charge in [-0.05, 0) is 35.9 Å². The SMILES string of the molecule is COc1ccc(Br)c(CNc2ccccc2)c1. The van der Waals surface area contributed by atoms with Crippen molar-refractivity contribution in [1.29, 1.82) is 0 Å². The van der Waals surface area contributed by atoms with Gasteiger partial charge in [-0.1, -0.05) is 34.1 Å². The maximum atomic E-state index is 5.21. The lowest BCUT2D eigenvalue weighted by molar-refractivity contribution is 0.414. The molecular weight excluding hydrogens is 278 g/mol. The molecule has 17 heavy (non-hydrogen) atoms. The highest BCUT2D eigenvalue weighted by Gasteiger charge is 2.01. The van der Waals surface area contributed by atoms with Gasteiger partial charge in [0.1, 0.15) is 5.75 Å². The maximum absolute atomic E-state index is 5.21. The molecule has 0 aromatic heterocycles. The molecule has 2 aromatic carbocycles. The van der Waals surface area contributed by atoms with Crippen LogP contribution in [0.2, 0.25) is 0 Å². The number of hydrogen-bond donors (Lipinski definition) is 1. The molecule has 88 valence electrons. The normalized spacial score (nSPS) is 10.0. The number of benzene rings is 2. The van der Waals surface area contributed by atoms with Crippen molar-refractivity contribution in [2.45, 2.75) is 6.54 Å². The summed E-state index contributed by atoms with van der Waals surface area (Å²) in [6, 6.07) is 16.1. The van der Waals surface area contributed by atoms with Gasteiger partial charge in [-0.25, -0.2) is 0 Å². The summed E-state index contributed by atoms with van der Waals surface area (Å²) in [5.74, 6) is 0.873. The molecule has 0 heterocycles. The third-order valence-electron chi connectivity index (χ3n) is 2.51. The summed E-state index contributed by atoms with van der Waals surface area (Å²) < 4.78 is 6.30. The van der Waals surface area contributed by atoms with Crippen molar-refractivity contribution in [2.24, 2.45) is 0 Å². The summed E-state index contributed by atoms with van der Waals surface area (Å²) in [6.45, 7) is 0.766. The van der Waals surface area contributed by atoms with Crippen molar-refractivity contribution in [2.75, 3.05) is 12.4 Å². The van der Waals surface area contributed by atoms with E-state index in [9.17, 15) is 0 Å². The highest BCUT2D eigenvalue weighted by molar-refractivity contribution is 9.10. The monoisotopic (exact) mass is 291 g/mol. The molecular formula is C14H14BrNO. The predicted molar refractivity (Wildman–Crippen MR) is 74.5 cm³/mol. The first-order chi connectivity index (χ1) is 8.29. The minimum atomic E-state index is 0.766. The van der Waals surface area contributed by atoms with E-state index >= 15 is 0 Å². The zero-order chi connectivity index (χ0) is 12.1. The quantitative estimate of drug-likeness (QED) is 0.917. The molecule has 0 bridgehead atoms. The molecule has 0 fully saturated rings. The van der Waals surface area contributed by atoms with Gasteiger partial charge in [0.25, 0.3) is 0 Å². The van der Waals surface area contributed by atoms with Gasteiger partial charge >= 0.3 is 0 Å². The van der Waals surface area contributed by atoms with Crippen LogP contribution in [0, 0.1) is 0 Å². The van der Waals surface area contributed by atoms with Crippen LogP contribution in [-0.2, 0) is 6.54 Å². The van der Waals surface area contributed by atoms with Crippen molar-refractivity contribution in [3.63, 3.8) is 0 Å². The minimum Gasteiger partial charge on any atom is -0.497 e. The van der Waals surface area contributed by atoms with Crippen LogP contribution in [0.25, 0.3) is 0 Å². The van der Waals surface area contributed by atoms with Gasteiger partial charge in [0.15, 0.2) is 0 Å². The van der Waals surface area contributed by atoms with E-state index in [0.29, 0.717) is 0 Å². The Morgan fingerprint density at radius 3 is 2.59 bits per heavy atom. The zero-order valence-corrected chi connectivity index (χ0v) is 11.2. The maximum Gasteiger partial charge on any atom is 0.119 e. The van der Waals surface area contributed by atoms with E-state index in [-0.39, 0.29) is 0 Å². The molecule has 0 unspecified atom stereocenters. The van der Waals surface area contributed by atoms with Crippen LogP contribution in [0.3, 0.4) is 0 Å². The molecule has 0 aliphatic rings. The van der Waals surface area contributed by atoms with E-state index in [1.165, 1.54) is 5.56 Å². The van der Waals surface area contributed by atoms with E-state index in [4.69, 9.17) is 4.74 Å². The standard InChI is InChI=1S/C14H14BrNO/c1-17-13-7-8-14(15)11(9-13)10-16-12-5-3-2-4-6-12/h2-9,16H,10H2,1H3. The van der Waals surface area contributed by atoms with Crippen molar-refractivity contribution in [1.82, 2.24) is 0 Å². The molecule has 0 saturated heterocycles. The van der Waals surface area contributed by atoms with Crippen LogP contribution in [0.5, 0.6) is 5.75 Å². The summed E-state index contributed by atoms with van der Waals surface area (Å²) in [7, 11) is 1.68. The molecule has 2 rings (SSSR count). The summed E-state index contributed by atoms with van der Waals surface area (Å²) in [6.07, 6.45) is 0. The van der Waals surface area contributed by atoms with Crippen LogP contribution in [0.15, 0.2) is 53.0 Å². The van der Waals surface area contributed by atoms with Crippen LogP contribution in [0.4, 0.5) is 5.69 Å². The van der Waals surface area contributed by atoms with Crippen molar-refractivity contribution in [3.05, 3.63) is 58.6 Å². The lowest BCUT2D eigenvalue weighted by Crippen LogP contribution is -2.00. The molecule has 3 heteroatoms. The number of nitrogens with one attached hydrogen (secondary N) is 1. The molecule has 0 spiro atoms. The smallest absolute Gasteiger partial charge is 0.119 e. The molecule has 0 aliphatic heterocycles. The Morgan fingerprint density at radius 1 is 1.12 bits per heavy atom. The lowest BCUT2D eigenvalue weighted by Gasteiger charge is -2.09. The topological polar surface area (TPSA) is 21.3 Å². The lowest BCUT2D eigenvalue weighted by atomic mass is 10.2. The molecule has 0 amide bonds. The summed E-state index contributed by atoms with van der Waals surface area (Å²) in [5.41, 5.74) is 2.29. The predicted octanol–water partition coefficient (Wildman–Crippen LogP) is 4.07. The first kappa shape index (κ1) is 12.0. The second kappa shape index (κ2) is 5.73. The van der Waals surface area contributed by atoms with E-state index in [2.05, 4.69) is 21.2 Å². The largest absolute Gasteiger partial charge is 0.497 e. The number of para-hydroxylation sites is 1. The molecule has 1 N–H and O–H groups in total. The second-order valence-electron chi connectivity index (χ2n) is 3.68. The Balaban J connectivity index is 2.08. The zero-order valence-electron chi connectivity index (χ0n) is 9.61. The first-order valence-electron chi connectivity index (χ1n) is 5.41.